The highest BCUT2D eigenvalue weighted by molar-refractivity contribution is 7.07. The van der Waals surface area contributed by atoms with Crippen LogP contribution in [0.5, 0.6) is 0 Å². The number of nitrogens with zero attached hydrogens (tertiary/aromatic N) is 2. The van der Waals surface area contributed by atoms with Gasteiger partial charge in [0.25, 0.3) is 0 Å². The van der Waals surface area contributed by atoms with Gasteiger partial charge < -0.3 is 9.73 Å². The number of carbonyl (C=O) groups excluding carboxylic acids is 1. The molecule has 23 heavy (non-hydrogen) atoms. The first-order valence-corrected chi connectivity index (χ1v) is 8.37. The van der Waals surface area contributed by atoms with E-state index in [1.807, 2.05) is 17.5 Å². The standard InChI is InChI=1S/C16H14ClN3O2S/c17-12-3-1-11(2-4-12)16-20-14(8-22-16)7-15(21)18-6-5-13-9-23-10-19-13/h1-4,8-10H,5-7H2,(H,18,21). The lowest BCUT2D eigenvalue weighted by Crippen LogP contribution is -2.27. The molecule has 1 amide bonds. The third kappa shape index (κ3) is 4.40. The molecule has 0 saturated heterocycles. The molecule has 2 heterocycles. The molecular weight excluding hydrogens is 334 g/mol. The Morgan fingerprint density at radius 1 is 1.26 bits per heavy atom. The number of hydrogen-bond acceptors (Lipinski definition) is 5. The topological polar surface area (TPSA) is 68.0 Å². The van der Waals surface area contributed by atoms with Crippen molar-refractivity contribution in [3.63, 3.8) is 0 Å². The summed E-state index contributed by atoms with van der Waals surface area (Å²) in [6.07, 6.45) is 2.42. The molecule has 0 fully saturated rings. The molecule has 5 nitrogen and oxygen atoms in total. The molecule has 0 aliphatic rings. The number of carbonyl (C=O) groups is 1. The zero-order valence-corrected chi connectivity index (χ0v) is 13.7. The summed E-state index contributed by atoms with van der Waals surface area (Å²) in [5.74, 6) is 0.392. The number of thiazole rings is 1. The minimum absolute atomic E-state index is 0.0869. The highest BCUT2D eigenvalue weighted by atomic mass is 35.5. The van der Waals surface area contributed by atoms with Crippen molar-refractivity contribution < 1.29 is 9.21 Å². The van der Waals surface area contributed by atoms with E-state index in [2.05, 4.69) is 15.3 Å². The molecule has 3 aromatic rings. The van der Waals surface area contributed by atoms with Crippen molar-refractivity contribution in [2.75, 3.05) is 6.54 Å². The average Bonchev–Trinajstić information content (AvgIpc) is 3.20. The maximum atomic E-state index is 11.9. The molecule has 0 bridgehead atoms. The van der Waals surface area contributed by atoms with E-state index in [1.165, 1.54) is 6.26 Å². The average molecular weight is 348 g/mol. The molecule has 0 atom stereocenters. The van der Waals surface area contributed by atoms with Crippen LogP contribution in [0.4, 0.5) is 0 Å². The van der Waals surface area contributed by atoms with Gasteiger partial charge in [0, 0.05) is 28.9 Å². The second kappa shape index (κ2) is 7.39. The summed E-state index contributed by atoms with van der Waals surface area (Å²) in [4.78, 5) is 20.4. The number of oxazole rings is 1. The van der Waals surface area contributed by atoms with E-state index in [0.717, 1.165) is 17.7 Å². The van der Waals surface area contributed by atoms with Crippen LogP contribution in [0.15, 0.2) is 45.8 Å². The lowest BCUT2D eigenvalue weighted by molar-refractivity contribution is -0.120. The van der Waals surface area contributed by atoms with Crippen LogP contribution in [0.3, 0.4) is 0 Å². The van der Waals surface area contributed by atoms with Crippen LogP contribution in [-0.2, 0) is 17.6 Å². The Labute approximate surface area is 142 Å². The first-order chi connectivity index (χ1) is 11.2. The summed E-state index contributed by atoms with van der Waals surface area (Å²) < 4.78 is 5.41. The Balaban J connectivity index is 1.52. The predicted octanol–water partition coefficient (Wildman–Crippen LogP) is 3.35. The first kappa shape index (κ1) is 15.7. The number of amides is 1. The number of halogens is 1. The van der Waals surface area contributed by atoms with Crippen LogP contribution >= 0.6 is 22.9 Å². The van der Waals surface area contributed by atoms with E-state index in [4.69, 9.17) is 16.0 Å². The second-order valence-corrected chi connectivity index (χ2v) is 6.06. The molecule has 0 aliphatic carbocycles. The van der Waals surface area contributed by atoms with Crippen molar-refractivity contribution in [3.8, 4) is 11.5 Å². The van der Waals surface area contributed by atoms with Crippen LogP contribution in [0.2, 0.25) is 5.02 Å². The van der Waals surface area contributed by atoms with Gasteiger partial charge in [0.15, 0.2) is 0 Å². The van der Waals surface area contributed by atoms with E-state index in [0.29, 0.717) is 23.2 Å². The molecule has 3 rings (SSSR count). The smallest absolute Gasteiger partial charge is 0.226 e. The predicted molar refractivity (Wildman–Crippen MR) is 89.5 cm³/mol. The van der Waals surface area contributed by atoms with Crippen molar-refractivity contribution in [2.45, 2.75) is 12.8 Å². The highest BCUT2D eigenvalue weighted by Gasteiger charge is 2.10. The Hall–Kier alpha value is -2.18. The van der Waals surface area contributed by atoms with Gasteiger partial charge in [0.1, 0.15) is 6.26 Å². The van der Waals surface area contributed by atoms with E-state index < -0.39 is 0 Å². The third-order valence-corrected chi connectivity index (χ3v) is 4.06. The molecule has 0 aliphatic heterocycles. The molecule has 0 unspecified atom stereocenters. The molecular formula is C16H14ClN3O2S. The fourth-order valence-electron chi connectivity index (χ4n) is 2.03. The number of nitrogens with one attached hydrogen (secondary N) is 1. The lowest BCUT2D eigenvalue weighted by atomic mass is 10.2. The molecule has 2 aromatic heterocycles. The minimum Gasteiger partial charge on any atom is -0.444 e. The van der Waals surface area contributed by atoms with Crippen molar-refractivity contribution in [3.05, 3.63) is 57.8 Å². The fourth-order valence-corrected chi connectivity index (χ4v) is 2.75. The van der Waals surface area contributed by atoms with Crippen molar-refractivity contribution in [1.29, 1.82) is 0 Å². The normalized spacial score (nSPS) is 10.7. The summed E-state index contributed by atoms with van der Waals surface area (Å²) in [5.41, 5.74) is 4.19. The zero-order chi connectivity index (χ0) is 16.1. The SMILES string of the molecule is O=C(Cc1coc(-c2ccc(Cl)cc2)n1)NCCc1cscn1. The van der Waals surface area contributed by atoms with Gasteiger partial charge in [-0.3, -0.25) is 4.79 Å². The Morgan fingerprint density at radius 2 is 2.09 bits per heavy atom. The van der Waals surface area contributed by atoms with Crippen LogP contribution in [0, 0.1) is 0 Å². The Bertz CT molecular complexity index is 769. The lowest BCUT2D eigenvalue weighted by Gasteiger charge is -2.01. The van der Waals surface area contributed by atoms with Gasteiger partial charge in [-0.25, -0.2) is 9.97 Å². The van der Waals surface area contributed by atoms with Gasteiger partial charge in [0.05, 0.1) is 23.3 Å². The molecule has 1 N–H and O–H groups in total. The maximum Gasteiger partial charge on any atom is 0.226 e. The van der Waals surface area contributed by atoms with E-state index in [1.54, 1.807) is 29.0 Å². The molecule has 7 heteroatoms. The second-order valence-electron chi connectivity index (χ2n) is 4.91. The number of aromatic nitrogens is 2. The summed E-state index contributed by atoms with van der Waals surface area (Å²) >= 11 is 7.40. The largest absolute Gasteiger partial charge is 0.444 e. The summed E-state index contributed by atoms with van der Waals surface area (Å²) in [6.45, 7) is 0.560. The van der Waals surface area contributed by atoms with Gasteiger partial charge in [-0.15, -0.1) is 11.3 Å². The van der Waals surface area contributed by atoms with Crippen molar-refractivity contribution in [1.82, 2.24) is 15.3 Å². The summed E-state index contributed by atoms with van der Waals surface area (Å²) in [5, 5.41) is 5.48. The van der Waals surface area contributed by atoms with Crippen LogP contribution in [0.25, 0.3) is 11.5 Å². The Morgan fingerprint density at radius 3 is 2.83 bits per heavy atom. The number of rotatable bonds is 6. The number of benzene rings is 1. The monoisotopic (exact) mass is 347 g/mol. The fraction of sp³-hybridized carbons (Fsp3) is 0.188. The molecule has 118 valence electrons. The maximum absolute atomic E-state index is 11.9. The molecule has 1 aromatic carbocycles. The first-order valence-electron chi connectivity index (χ1n) is 7.05. The zero-order valence-electron chi connectivity index (χ0n) is 12.2. The highest BCUT2D eigenvalue weighted by Crippen LogP contribution is 2.20. The molecule has 0 radical (unpaired) electrons. The van der Waals surface area contributed by atoms with Gasteiger partial charge in [-0.2, -0.15) is 0 Å². The van der Waals surface area contributed by atoms with Crippen LogP contribution < -0.4 is 5.32 Å². The van der Waals surface area contributed by atoms with E-state index in [9.17, 15) is 4.79 Å². The van der Waals surface area contributed by atoms with Crippen LogP contribution in [-0.4, -0.2) is 22.4 Å². The van der Waals surface area contributed by atoms with E-state index >= 15 is 0 Å². The summed E-state index contributed by atoms with van der Waals surface area (Å²) in [7, 11) is 0. The van der Waals surface area contributed by atoms with Crippen molar-refractivity contribution >= 4 is 28.8 Å². The molecule has 0 saturated carbocycles. The summed E-state index contributed by atoms with van der Waals surface area (Å²) in [6, 6.07) is 7.19. The third-order valence-electron chi connectivity index (χ3n) is 3.17. The Kier molecular flexibility index (Phi) is 5.05. The number of hydrogen-bond donors (Lipinski definition) is 1. The van der Waals surface area contributed by atoms with Crippen molar-refractivity contribution in [2.24, 2.45) is 0 Å². The van der Waals surface area contributed by atoms with Gasteiger partial charge >= 0.3 is 0 Å². The quantitative estimate of drug-likeness (QED) is 0.742. The van der Waals surface area contributed by atoms with Gasteiger partial charge in [-0.05, 0) is 24.3 Å². The minimum atomic E-state index is -0.0869. The van der Waals surface area contributed by atoms with Gasteiger partial charge in [0.2, 0.25) is 11.8 Å². The van der Waals surface area contributed by atoms with Crippen LogP contribution in [0.1, 0.15) is 11.4 Å². The van der Waals surface area contributed by atoms with Gasteiger partial charge in [-0.1, -0.05) is 11.6 Å². The van der Waals surface area contributed by atoms with E-state index in [-0.39, 0.29) is 12.3 Å². The molecule has 0 spiro atoms.